The maximum absolute atomic E-state index is 12.2. The SMILES string of the molecule is CCCCC1CCC(C(=O)NNC(=O)c2ccc([N+](=O)[O-])cc2)CC1. The summed E-state index contributed by atoms with van der Waals surface area (Å²) in [6.07, 6.45) is 7.52. The molecular weight excluding hydrogens is 322 g/mol. The van der Waals surface area contributed by atoms with Crippen LogP contribution >= 0.6 is 0 Å². The highest BCUT2D eigenvalue weighted by molar-refractivity contribution is 5.95. The number of rotatable bonds is 6. The summed E-state index contributed by atoms with van der Waals surface area (Å²) in [7, 11) is 0. The molecule has 0 unspecified atom stereocenters. The molecule has 1 saturated carbocycles. The number of unbranched alkanes of at least 4 members (excludes halogenated alkanes) is 1. The van der Waals surface area contributed by atoms with Crippen LogP contribution in [0, 0.1) is 22.0 Å². The van der Waals surface area contributed by atoms with E-state index in [9.17, 15) is 19.7 Å². The average molecular weight is 347 g/mol. The molecule has 1 fully saturated rings. The number of nitro benzene ring substituents is 1. The molecule has 0 radical (unpaired) electrons. The van der Waals surface area contributed by atoms with Crippen LogP contribution in [0.1, 0.15) is 62.2 Å². The van der Waals surface area contributed by atoms with Gasteiger partial charge in [-0.25, -0.2) is 0 Å². The molecule has 0 heterocycles. The number of carbonyl (C=O) groups is 2. The third-order valence-electron chi connectivity index (χ3n) is 4.82. The summed E-state index contributed by atoms with van der Waals surface area (Å²) in [4.78, 5) is 34.2. The zero-order chi connectivity index (χ0) is 18.2. The number of carbonyl (C=O) groups excluding carboxylic acids is 2. The maximum Gasteiger partial charge on any atom is 0.269 e. The Hall–Kier alpha value is -2.44. The van der Waals surface area contributed by atoms with Crippen molar-refractivity contribution in [3.63, 3.8) is 0 Å². The van der Waals surface area contributed by atoms with E-state index in [4.69, 9.17) is 0 Å². The third-order valence-corrected chi connectivity index (χ3v) is 4.82. The number of non-ortho nitro benzene ring substituents is 1. The Morgan fingerprint density at radius 3 is 2.32 bits per heavy atom. The molecular formula is C18H25N3O4. The van der Waals surface area contributed by atoms with E-state index in [0.29, 0.717) is 0 Å². The maximum atomic E-state index is 12.2. The van der Waals surface area contributed by atoms with E-state index in [1.165, 1.54) is 43.5 Å². The van der Waals surface area contributed by atoms with Crippen LogP contribution in [0.5, 0.6) is 0 Å². The van der Waals surface area contributed by atoms with Gasteiger partial charge in [-0.3, -0.25) is 30.6 Å². The predicted molar refractivity (Wildman–Crippen MR) is 93.7 cm³/mol. The highest BCUT2D eigenvalue weighted by Crippen LogP contribution is 2.31. The molecule has 25 heavy (non-hydrogen) atoms. The first-order chi connectivity index (χ1) is 12.0. The second-order valence-corrected chi connectivity index (χ2v) is 6.61. The predicted octanol–water partition coefficient (Wildman–Crippen LogP) is 3.35. The van der Waals surface area contributed by atoms with Gasteiger partial charge in [-0.15, -0.1) is 0 Å². The fourth-order valence-electron chi connectivity index (χ4n) is 3.23. The molecule has 0 aromatic heterocycles. The number of hydrazine groups is 1. The fraction of sp³-hybridized carbons (Fsp3) is 0.556. The number of nitrogens with zero attached hydrogens (tertiary/aromatic N) is 1. The monoisotopic (exact) mass is 347 g/mol. The Bertz CT molecular complexity index is 607. The highest BCUT2D eigenvalue weighted by Gasteiger charge is 2.26. The van der Waals surface area contributed by atoms with Gasteiger partial charge in [-0.05, 0) is 43.7 Å². The lowest BCUT2D eigenvalue weighted by molar-refractivity contribution is -0.384. The van der Waals surface area contributed by atoms with Crippen LogP contribution in [0.4, 0.5) is 5.69 Å². The normalized spacial score (nSPS) is 19.9. The van der Waals surface area contributed by atoms with Crippen LogP contribution in [-0.2, 0) is 4.79 Å². The first kappa shape index (κ1) is 18.9. The van der Waals surface area contributed by atoms with E-state index in [1.807, 2.05) is 0 Å². The second-order valence-electron chi connectivity index (χ2n) is 6.61. The van der Waals surface area contributed by atoms with Gasteiger partial charge < -0.3 is 0 Å². The Labute approximate surface area is 147 Å². The summed E-state index contributed by atoms with van der Waals surface area (Å²) in [5.74, 6) is 0.0119. The molecule has 7 heteroatoms. The Kier molecular flexibility index (Phi) is 6.91. The van der Waals surface area contributed by atoms with Gasteiger partial charge in [0, 0.05) is 23.6 Å². The number of nitro groups is 1. The van der Waals surface area contributed by atoms with Crippen molar-refractivity contribution in [3.05, 3.63) is 39.9 Å². The van der Waals surface area contributed by atoms with Gasteiger partial charge in [-0.1, -0.05) is 26.2 Å². The van der Waals surface area contributed by atoms with Gasteiger partial charge >= 0.3 is 0 Å². The zero-order valence-electron chi connectivity index (χ0n) is 14.5. The van der Waals surface area contributed by atoms with Crippen molar-refractivity contribution >= 4 is 17.5 Å². The molecule has 136 valence electrons. The molecule has 2 N–H and O–H groups in total. The molecule has 1 aromatic carbocycles. The number of amides is 2. The fourth-order valence-corrected chi connectivity index (χ4v) is 3.23. The van der Waals surface area contributed by atoms with Crippen molar-refractivity contribution in [3.8, 4) is 0 Å². The minimum absolute atomic E-state index is 0.0602. The van der Waals surface area contributed by atoms with E-state index in [2.05, 4.69) is 17.8 Å². The Morgan fingerprint density at radius 2 is 1.76 bits per heavy atom. The molecule has 1 aliphatic carbocycles. The molecule has 0 atom stereocenters. The van der Waals surface area contributed by atoms with Crippen LogP contribution in [0.2, 0.25) is 0 Å². The van der Waals surface area contributed by atoms with Crippen molar-refractivity contribution in [2.75, 3.05) is 0 Å². The van der Waals surface area contributed by atoms with Gasteiger partial charge in [0.15, 0.2) is 0 Å². The molecule has 1 aliphatic rings. The topological polar surface area (TPSA) is 101 Å². The quantitative estimate of drug-likeness (QED) is 0.608. The van der Waals surface area contributed by atoms with Crippen LogP contribution in [0.25, 0.3) is 0 Å². The summed E-state index contributed by atoms with van der Waals surface area (Å²) >= 11 is 0. The van der Waals surface area contributed by atoms with E-state index >= 15 is 0 Å². The molecule has 7 nitrogen and oxygen atoms in total. The van der Waals surface area contributed by atoms with Crippen LogP contribution < -0.4 is 10.9 Å². The molecule has 0 bridgehead atoms. The standard InChI is InChI=1S/C18H25N3O4/c1-2-3-4-13-5-7-14(8-6-13)17(22)19-20-18(23)15-9-11-16(12-10-15)21(24)25/h9-14H,2-8H2,1H3,(H,19,22)(H,20,23). The van der Waals surface area contributed by atoms with Gasteiger partial charge in [-0.2, -0.15) is 0 Å². The molecule has 0 spiro atoms. The minimum Gasteiger partial charge on any atom is -0.273 e. The summed E-state index contributed by atoms with van der Waals surface area (Å²) < 4.78 is 0. The smallest absolute Gasteiger partial charge is 0.269 e. The summed E-state index contributed by atoms with van der Waals surface area (Å²) in [6, 6.07) is 5.24. The molecule has 2 rings (SSSR count). The van der Waals surface area contributed by atoms with Gasteiger partial charge in [0.1, 0.15) is 0 Å². The Morgan fingerprint density at radius 1 is 1.12 bits per heavy atom. The van der Waals surface area contributed by atoms with Crippen molar-refractivity contribution in [2.24, 2.45) is 11.8 Å². The second kappa shape index (κ2) is 9.15. The van der Waals surface area contributed by atoms with Gasteiger partial charge in [0.25, 0.3) is 11.6 Å². The Balaban J connectivity index is 1.76. The van der Waals surface area contributed by atoms with E-state index in [1.54, 1.807) is 0 Å². The number of nitrogens with one attached hydrogen (secondary N) is 2. The van der Waals surface area contributed by atoms with Crippen LogP contribution in [0.3, 0.4) is 0 Å². The van der Waals surface area contributed by atoms with Crippen molar-refractivity contribution < 1.29 is 14.5 Å². The summed E-state index contributed by atoms with van der Waals surface area (Å²) in [5, 5.41) is 10.6. The first-order valence-electron chi connectivity index (χ1n) is 8.86. The highest BCUT2D eigenvalue weighted by atomic mass is 16.6. The van der Waals surface area contributed by atoms with E-state index in [0.717, 1.165) is 31.6 Å². The number of hydrogen-bond donors (Lipinski definition) is 2. The lowest BCUT2D eigenvalue weighted by atomic mass is 9.79. The summed E-state index contributed by atoms with van der Waals surface area (Å²) in [6.45, 7) is 2.19. The van der Waals surface area contributed by atoms with Crippen molar-refractivity contribution in [1.82, 2.24) is 10.9 Å². The van der Waals surface area contributed by atoms with Crippen LogP contribution in [-0.4, -0.2) is 16.7 Å². The molecule has 2 amide bonds. The molecule has 0 aliphatic heterocycles. The van der Waals surface area contributed by atoms with Crippen molar-refractivity contribution in [2.45, 2.75) is 51.9 Å². The average Bonchev–Trinajstić information content (AvgIpc) is 2.64. The number of hydrogen-bond acceptors (Lipinski definition) is 4. The van der Waals surface area contributed by atoms with Gasteiger partial charge in [0.05, 0.1) is 4.92 Å². The minimum atomic E-state index is -0.527. The van der Waals surface area contributed by atoms with E-state index < -0.39 is 10.8 Å². The molecule has 0 saturated heterocycles. The number of benzene rings is 1. The third kappa shape index (κ3) is 5.55. The molecule has 1 aromatic rings. The lowest BCUT2D eigenvalue weighted by Gasteiger charge is -2.27. The summed E-state index contributed by atoms with van der Waals surface area (Å²) in [5.41, 5.74) is 5.03. The van der Waals surface area contributed by atoms with Gasteiger partial charge in [0.2, 0.25) is 5.91 Å². The largest absolute Gasteiger partial charge is 0.273 e. The lowest BCUT2D eigenvalue weighted by Crippen LogP contribution is -2.45. The van der Waals surface area contributed by atoms with E-state index in [-0.39, 0.29) is 23.1 Å². The van der Waals surface area contributed by atoms with Crippen molar-refractivity contribution in [1.29, 1.82) is 0 Å². The van der Waals surface area contributed by atoms with Crippen LogP contribution in [0.15, 0.2) is 24.3 Å². The zero-order valence-corrected chi connectivity index (χ0v) is 14.5. The first-order valence-corrected chi connectivity index (χ1v) is 8.86.